The SMILES string of the molecule is CCOC(=O)CNC(=O)N(CC(=O)Cc1c(-c2ccccc2)c(C)nn1-c1ccc(C)cc1)C(C)C. The van der Waals surface area contributed by atoms with E-state index in [-0.39, 0.29) is 37.9 Å². The van der Waals surface area contributed by atoms with Crippen LogP contribution >= 0.6 is 0 Å². The van der Waals surface area contributed by atoms with Gasteiger partial charge in [0.15, 0.2) is 5.78 Å². The minimum absolute atomic E-state index is 0.0906. The van der Waals surface area contributed by atoms with E-state index in [4.69, 9.17) is 9.84 Å². The van der Waals surface area contributed by atoms with Gasteiger partial charge >= 0.3 is 12.0 Å². The quantitative estimate of drug-likeness (QED) is 0.429. The van der Waals surface area contributed by atoms with Gasteiger partial charge in [-0.2, -0.15) is 5.10 Å². The summed E-state index contributed by atoms with van der Waals surface area (Å²) in [6, 6.07) is 17.1. The molecule has 1 heterocycles. The highest BCUT2D eigenvalue weighted by Gasteiger charge is 2.25. The van der Waals surface area contributed by atoms with Crippen LogP contribution < -0.4 is 5.32 Å². The second kappa shape index (κ2) is 12.2. The number of hydrogen-bond donors (Lipinski definition) is 1. The minimum Gasteiger partial charge on any atom is -0.465 e. The Labute approximate surface area is 212 Å². The molecule has 0 aliphatic rings. The van der Waals surface area contributed by atoms with Crippen LogP contribution in [0.3, 0.4) is 0 Å². The van der Waals surface area contributed by atoms with Crippen molar-refractivity contribution in [2.24, 2.45) is 0 Å². The molecule has 0 saturated carbocycles. The van der Waals surface area contributed by atoms with Gasteiger partial charge in [0.1, 0.15) is 6.54 Å². The molecule has 3 aromatic rings. The molecule has 2 aromatic carbocycles. The van der Waals surface area contributed by atoms with Crippen molar-refractivity contribution in [2.45, 2.75) is 47.1 Å². The van der Waals surface area contributed by atoms with Gasteiger partial charge in [0.2, 0.25) is 0 Å². The Morgan fingerprint density at radius 2 is 1.69 bits per heavy atom. The first-order valence-electron chi connectivity index (χ1n) is 12.1. The number of nitrogens with zero attached hydrogens (tertiary/aromatic N) is 3. The van der Waals surface area contributed by atoms with E-state index >= 15 is 0 Å². The minimum atomic E-state index is -0.522. The number of rotatable bonds is 10. The van der Waals surface area contributed by atoms with Crippen LogP contribution in [0.1, 0.15) is 37.7 Å². The van der Waals surface area contributed by atoms with E-state index in [1.807, 2.05) is 87.0 Å². The Balaban J connectivity index is 1.89. The number of ether oxygens (including phenoxy) is 1. The fourth-order valence-electron chi connectivity index (χ4n) is 4.00. The van der Waals surface area contributed by atoms with E-state index in [9.17, 15) is 14.4 Å². The summed E-state index contributed by atoms with van der Waals surface area (Å²) in [6.45, 7) is 9.20. The van der Waals surface area contributed by atoms with Gasteiger partial charge < -0.3 is 15.0 Å². The maximum atomic E-state index is 13.3. The third kappa shape index (κ3) is 6.59. The molecular weight excluding hydrogens is 456 g/mol. The zero-order valence-corrected chi connectivity index (χ0v) is 21.6. The molecule has 0 radical (unpaired) electrons. The Morgan fingerprint density at radius 3 is 2.31 bits per heavy atom. The van der Waals surface area contributed by atoms with Crippen molar-refractivity contribution in [3.63, 3.8) is 0 Å². The summed E-state index contributed by atoms with van der Waals surface area (Å²) >= 11 is 0. The molecule has 36 heavy (non-hydrogen) atoms. The molecule has 0 aliphatic carbocycles. The molecule has 0 fully saturated rings. The summed E-state index contributed by atoms with van der Waals surface area (Å²) in [5, 5.41) is 7.32. The predicted octanol–water partition coefficient (Wildman–Crippen LogP) is 4.25. The lowest BCUT2D eigenvalue weighted by Gasteiger charge is -2.26. The van der Waals surface area contributed by atoms with E-state index < -0.39 is 12.0 Å². The van der Waals surface area contributed by atoms with Crippen molar-refractivity contribution in [3.8, 4) is 16.8 Å². The molecule has 0 saturated heterocycles. The largest absolute Gasteiger partial charge is 0.465 e. The van der Waals surface area contributed by atoms with Crippen LogP contribution in [0.2, 0.25) is 0 Å². The monoisotopic (exact) mass is 490 g/mol. The highest BCUT2D eigenvalue weighted by molar-refractivity contribution is 5.89. The number of aromatic nitrogens is 2. The van der Waals surface area contributed by atoms with Crippen molar-refractivity contribution >= 4 is 17.8 Å². The van der Waals surface area contributed by atoms with Gasteiger partial charge in [-0.1, -0.05) is 48.0 Å². The molecule has 0 aliphatic heterocycles. The third-order valence-corrected chi connectivity index (χ3v) is 5.78. The van der Waals surface area contributed by atoms with Gasteiger partial charge in [-0.25, -0.2) is 9.48 Å². The van der Waals surface area contributed by atoms with Crippen LogP contribution in [0, 0.1) is 13.8 Å². The molecule has 8 nitrogen and oxygen atoms in total. The molecule has 0 atom stereocenters. The summed E-state index contributed by atoms with van der Waals surface area (Å²) in [5.41, 5.74) is 5.46. The van der Waals surface area contributed by atoms with Gasteiger partial charge in [-0.15, -0.1) is 0 Å². The van der Waals surface area contributed by atoms with Gasteiger partial charge in [0, 0.05) is 11.6 Å². The van der Waals surface area contributed by atoms with Crippen LogP contribution in [-0.4, -0.2) is 58.2 Å². The van der Waals surface area contributed by atoms with E-state index in [0.29, 0.717) is 0 Å². The standard InChI is InChI=1S/C28H34N4O4/c1-6-36-26(34)17-29-28(35)31(19(2)3)18-24(33)16-25-27(22-10-8-7-9-11-22)21(5)30-32(25)23-14-12-20(4)13-15-23/h7-15,19H,6,16-18H2,1-5H3,(H,29,35). The molecule has 8 heteroatoms. The van der Waals surface area contributed by atoms with Gasteiger partial charge in [0.25, 0.3) is 0 Å². The van der Waals surface area contributed by atoms with Crippen molar-refractivity contribution < 1.29 is 19.1 Å². The number of carbonyl (C=O) groups excluding carboxylic acids is 3. The average molecular weight is 491 g/mol. The fraction of sp³-hybridized carbons (Fsp3) is 0.357. The number of amides is 2. The lowest BCUT2D eigenvalue weighted by atomic mass is 10.00. The second-order valence-electron chi connectivity index (χ2n) is 8.92. The van der Waals surface area contributed by atoms with Gasteiger partial charge in [-0.05, 0) is 52.3 Å². The van der Waals surface area contributed by atoms with Crippen molar-refractivity contribution in [2.75, 3.05) is 19.7 Å². The van der Waals surface area contributed by atoms with E-state index in [0.717, 1.165) is 33.8 Å². The van der Waals surface area contributed by atoms with Crippen LogP contribution in [0.5, 0.6) is 0 Å². The molecule has 0 unspecified atom stereocenters. The number of Topliss-reactive ketones (excluding diaryl/α,β-unsaturated/α-hetero) is 1. The number of nitrogens with one attached hydrogen (secondary N) is 1. The van der Waals surface area contributed by atoms with E-state index in [1.165, 1.54) is 4.90 Å². The first-order valence-corrected chi connectivity index (χ1v) is 12.1. The van der Waals surface area contributed by atoms with Crippen LogP contribution in [0.15, 0.2) is 54.6 Å². The van der Waals surface area contributed by atoms with Crippen LogP contribution in [-0.2, 0) is 20.7 Å². The van der Waals surface area contributed by atoms with Gasteiger partial charge in [0.05, 0.1) is 36.6 Å². The maximum Gasteiger partial charge on any atom is 0.325 e. The number of aryl methyl sites for hydroxylation is 2. The Morgan fingerprint density at radius 1 is 1.03 bits per heavy atom. The zero-order chi connectivity index (χ0) is 26.2. The predicted molar refractivity (Wildman–Crippen MR) is 139 cm³/mol. The number of benzene rings is 2. The molecule has 190 valence electrons. The number of ketones is 1. The average Bonchev–Trinajstić information content (AvgIpc) is 3.17. The summed E-state index contributed by atoms with van der Waals surface area (Å²) < 4.78 is 6.68. The van der Waals surface area contributed by atoms with E-state index in [1.54, 1.807) is 6.92 Å². The molecule has 0 bridgehead atoms. The summed E-state index contributed by atoms with van der Waals surface area (Å²) in [7, 11) is 0. The highest BCUT2D eigenvalue weighted by atomic mass is 16.5. The highest BCUT2D eigenvalue weighted by Crippen LogP contribution is 2.30. The second-order valence-corrected chi connectivity index (χ2v) is 8.92. The molecule has 2 amide bonds. The fourth-order valence-corrected chi connectivity index (χ4v) is 4.00. The smallest absolute Gasteiger partial charge is 0.325 e. The van der Waals surface area contributed by atoms with Crippen LogP contribution in [0.4, 0.5) is 4.79 Å². The Hall–Kier alpha value is -3.94. The third-order valence-electron chi connectivity index (χ3n) is 5.78. The van der Waals surface area contributed by atoms with Crippen molar-refractivity contribution in [1.82, 2.24) is 20.0 Å². The lowest BCUT2D eigenvalue weighted by Crippen LogP contribution is -2.48. The summed E-state index contributed by atoms with van der Waals surface area (Å²) in [4.78, 5) is 39.1. The normalized spacial score (nSPS) is 10.8. The molecule has 3 rings (SSSR count). The zero-order valence-electron chi connectivity index (χ0n) is 21.6. The molecule has 1 N–H and O–H groups in total. The number of hydrogen-bond acceptors (Lipinski definition) is 5. The molecule has 0 spiro atoms. The first-order chi connectivity index (χ1) is 17.2. The van der Waals surface area contributed by atoms with Crippen LogP contribution in [0.25, 0.3) is 16.8 Å². The van der Waals surface area contributed by atoms with E-state index in [2.05, 4.69) is 5.32 Å². The lowest BCUT2D eigenvalue weighted by molar-refractivity contribution is -0.141. The Bertz CT molecular complexity index is 1200. The number of esters is 1. The summed E-state index contributed by atoms with van der Waals surface area (Å²) in [6.07, 6.45) is 0.0906. The molecular formula is C28H34N4O4. The van der Waals surface area contributed by atoms with Crippen molar-refractivity contribution in [1.29, 1.82) is 0 Å². The van der Waals surface area contributed by atoms with Gasteiger partial charge in [-0.3, -0.25) is 9.59 Å². The first kappa shape index (κ1) is 26.7. The maximum absolute atomic E-state index is 13.3. The molecule has 1 aromatic heterocycles. The number of carbonyl (C=O) groups is 3. The summed E-state index contributed by atoms with van der Waals surface area (Å²) in [5.74, 6) is -0.661. The topological polar surface area (TPSA) is 93.5 Å². The number of urea groups is 1. The van der Waals surface area contributed by atoms with Crippen molar-refractivity contribution in [3.05, 3.63) is 71.5 Å². The Kier molecular flexibility index (Phi) is 9.00.